The Balaban J connectivity index is 1.94. The maximum Gasteiger partial charge on any atom is 0.123 e. The molecule has 0 aromatic heterocycles. The Morgan fingerprint density at radius 1 is 1.26 bits per heavy atom. The van der Waals surface area contributed by atoms with E-state index in [4.69, 9.17) is 21.1 Å². The summed E-state index contributed by atoms with van der Waals surface area (Å²) >= 11 is 6.68. The number of halogens is 1. The molecule has 0 N–H and O–H groups in total. The van der Waals surface area contributed by atoms with Gasteiger partial charge >= 0.3 is 0 Å². The number of fused-ring (bicyclic) bond motifs is 1. The highest BCUT2D eigenvalue weighted by Gasteiger charge is 2.39. The SMILES string of the molecule is CC1(C)COc2ccc(C(Cl)C3(C)CCCO3)cc21. The van der Waals surface area contributed by atoms with Gasteiger partial charge in [0.05, 0.1) is 17.6 Å². The van der Waals surface area contributed by atoms with Crippen molar-refractivity contribution in [2.24, 2.45) is 0 Å². The Morgan fingerprint density at radius 3 is 2.74 bits per heavy atom. The molecule has 0 aliphatic carbocycles. The molecule has 104 valence electrons. The van der Waals surface area contributed by atoms with Crippen LogP contribution in [0.15, 0.2) is 18.2 Å². The molecule has 2 atom stereocenters. The van der Waals surface area contributed by atoms with Crippen molar-refractivity contribution in [2.45, 2.75) is 50.0 Å². The first-order valence-electron chi connectivity index (χ1n) is 6.98. The first kappa shape index (κ1) is 13.3. The molecule has 19 heavy (non-hydrogen) atoms. The van der Waals surface area contributed by atoms with Gasteiger partial charge in [0.1, 0.15) is 5.75 Å². The average molecular weight is 281 g/mol. The van der Waals surface area contributed by atoms with Crippen LogP contribution in [0.3, 0.4) is 0 Å². The second-order valence-corrected chi connectivity index (χ2v) is 6.99. The van der Waals surface area contributed by atoms with Crippen LogP contribution in [0.1, 0.15) is 50.1 Å². The monoisotopic (exact) mass is 280 g/mol. The van der Waals surface area contributed by atoms with Crippen LogP contribution in [0.5, 0.6) is 5.75 Å². The molecule has 0 amide bonds. The van der Waals surface area contributed by atoms with Crippen LogP contribution in [-0.4, -0.2) is 18.8 Å². The van der Waals surface area contributed by atoms with Crippen molar-refractivity contribution in [3.8, 4) is 5.75 Å². The van der Waals surface area contributed by atoms with E-state index in [0.29, 0.717) is 0 Å². The third kappa shape index (κ3) is 2.15. The van der Waals surface area contributed by atoms with Crippen LogP contribution in [0.2, 0.25) is 0 Å². The summed E-state index contributed by atoms with van der Waals surface area (Å²) in [5.41, 5.74) is 2.24. The maximum absolute atomic E-state index is 6.68. The molecule has 1 aromatic carbocycles. The minimum Gasteiger partial charge on any atom is -0.492 e. The third-order valence-corrected chi connectivity index (χ3v) is 5.11. The molecule has 1 saturated heterocycles. The molecule has 0 saturated carbocycles. The van der Waals surface area contributed by atoms with Gasteiger partial charge in [-0.25, -0.2) is 0 Å². The lowest BCUT2D eigenvalue weighted by molar-refractivity contribution is 0.0164. The summed E-state index contributed by atoms with van der Waals surface area (Å²) in [6.07, 6.45) is 2.12. The number of hydrogen-bond donors (Lipinski definition) is 0. The van der Waals surface area contributed by atoms with Gasteiger partial charge in [-0.15, -0.1) is 11.6 Å². The Kier molecular flexibility index (Phi) is 3.06. The third-order valence-electron chi connectivity index (χ3n) is 4.40. The molecule has 2 unspecified atom stereocenters. The molecule has 1 fully saturated rings. The predicted molar refractivity (Wildman–Crippen MR) is 77.1 cm³/mol. The van der Waals surface area contributed by atoms with Crippen molar-refractivity contribution in [3.05, 3.63) is 29.3 Å². The summed E-state index contributed by atoms with van der Waals surface area (Å²) in [6, 6.07) is 6.32. The van der Waals surface area contributed by atoms with E-state index in [1.807, 2.05) is 6.07 Å². The predicted octanol–water partition coefficient (Wildman–Crippen LogP) is 4.21. The van der Waals surface area contributed by atoms with E-state index in [-0.39, 0.29) is 16.4 Å². The molecule has 0 radical (unpaired) electrons. The average Bonchev–Trinajstić information content (AvgIpc) is 2.94. The minimum atomic E-state index is -0.237. The van der Waals surface area contributed by atoms with E-state index in [1.54, 1.807) is 0 Å². The van der Waals surface area contributed by atoms with Crippen molar-refractivity contribution in [3.63, 3.8) is 0 Å². The fourth-order valence-corrected chi connectivity index (χ4v) is 3.36. The van der Waals surface area contributed by atoms with E-state index in [1.165, 1.54) is 5.56 Å². The largest absolute Gasteiger partial charge is 0.492 e. The number of benzene rings is 1. The second-order valence-electron chi connectivity index (χ2n) is 6.56. The van der Waals surface area contributed by atoms with E-state index in [2.05, 4.69) is 32.9 Å². The van der Waals surface area contributed by atoms with Crippen LogP contribution in [0, 0.1) is 0 Å². The van der Waals surface area contributed by atoms with Gasteiger partial charge in [-0.05, 0) is 37.5 Å². The highest BCUT2D eigenvalue weighted by atomic mass is 35.5. The van der Waals surface area contributed by atoms with Crippen LogP contribution in [0.25, 0.3) is 0 Å². The zero-order valence-electron chi connectivity index (χ0n) is 11.8. The molecule has 1 aromatic rings. The fraction of sp³-hybridized carbons (Fsp3) is 0.625. The van der Waals surface area contributed by atoms with Gasteiger partial charge in [0, 0.05) is 17.6 Å². The van der Waals surface area contributed by atoms with Gasteiger partial charge in [0.2, 0.25) is 0 Å². The fourth-order valence-electron chi connectivity index (χ4n) is 3.05. The summed E-state index contributed by atoms with van der Waals surface area (Å²) in [5.74, 6) is 0.995. The molecule has 3 rings (SSSR count). The molecule has 2 aliphatic heterocycles. The van der Waals surface area contributed by atoms with E-state index < -0.39 is 0 Å². The maximum atomic E-state index is 6.68. The van der Waals surface area contributed by atoms with E-state index in [0.717, 1.165) is 37.4 Å². The Bertz CT molecular complexity index is 490. The topological polar surface area (TPSA) is 18.5 Å². The molecule has 2 heterocycles. The summed E-state index contributed by atoms with van der Waals surface area (Å²) in [6.45, 7) is 8.09. The quantitative estimate of drug-likeness (QED) is 0.756. The van der Waals surface area contributed by atoms with Crippen molar-refractivity contribution in [2.75, 3.05) is 13.2 Å². The Hall–Kier alpha value is -0.730. The van der Waals surface area contributed by atoms with Crippen LogP contribution < -0.4 is 4.74 Å². The van der Waals surface area contributed by atoms with E-state index >= 15 is 0 Å². The van der Waals surface area contributed by atoms with Crippen molar-refractivity contribution in [1.82, 2.24) is 0 Å². The zero-order chi connectivity index (χ0) is 13.7. The number of hydrogen-bond acceptors (Lipinski definition) is 2. The minimum absolute atomic E-state index is 0.0688. The molecule has 2 nitrogen and oxygen atoms in total. The van der Waals surface area contributed by atoms with Crippen molar-refractivity contribution >= 4 is 11.6 Å². The van der Waals surface area contributed by atoms with Crippen molar-refractivity contribution < 1.29 is 9.47 Å². The van der Waals surface area contributed by atoms with Crippen LogP contribution in [0.4, 0.5) is 0 Å². The highest BCUT2D eigenvalue weighted by molar-refractivity contribution is 6.21. The molecular formula is C16H21ClO2. The highest BCUT2D eigenvalue weighted by Crippen LogP contribution is 2.45. The van der Waals surface area contributed by atoms with Gasteiger partial charge in [-0.2, -0.15) is 0 Å². The molecule has 0 bridgehead atoms. The van der Waals surface area contributed by atoms with Crippen molar-refractivity contribution in [1.29, 1.82) is 0 Å². The summed E-state index contributed by atoms with van der Waals surface area (Å²) in [5, 5.41) is -0.100. The lowest BCUT2D eigenvalue weighted by Crippen LogP contribution is -2.29. The number of alkyl halides is 1. The first-order chi connectivity index (χ1) is 8.92. The van der Waals surface area contributed by atoms with Gasteiger partial charge in [-0.1, -0.05) is 19.9 Å². The van der Waals surface area contributed by atoms with E-state index in [9.17, 15) is 0 Å². The molecule has 2 aliphatic rings. The second kappa shape index (κ2) is 4.39. The van der Waals surface area contributed by atoms with Gasteiger partial charge < -0.3 is 9.47 Å². The summed E-state index contributed by atoms with van der Waals surface area (Å²) < 4.78 is 11.6. The lowest BCUT2D eigenvalue weighted by atomic mass is 9.84. The standard InChI is InChI=1S/C16H21ClO2/c1-15(2)10-18-13-6-5-11(9-12(13)15)14(17)16(3)7-4-8-19-16/h5-6,9,14H,4,7-8,10H2,1-3H3. The smallest absolute Gasteiger partial charge is 0.123 e. The summed E-state index contributed by atoms with van der Waals surface area (Å²) in [7, 11) is 0. The van der Waals surface area contributed by atoms with Gasteiger partial charge in [0.25, 0.3) is 0 Å². The first-order valence-corrected chi connectivity index (χ1v) is 7.41. The summed E-state index contributed by atoms with van der Waals surface area (Å²) in [4.78, 5) is 0. The molecule has 0 spiro atoms. The Labute approximate surface area is 120 Å². The Morgan fingerprint density at radius 2 is 2.05 bits per heavy atom. The number of ether oxygens (including phenoxy) is 2. The van der Waals surface area contributed by atoms with Gasteiger partial charge in [-0.3, -0.25) is 0 Å². The zero-order valence-corrected chi connectivity index (χ0v) is 12.6. The van der Waals surface area contributed by atoms with Crippen LogP contribution >= 0.6 is 11.6 Å². The van der Waals surface area contributed by atoms with Gasteiger partial charge in [0.15, 0.2) is 0 Å². The lowest BCUT2D eigenvalue weighted by Gasteiger charge is -2.29. The molecule has 3 heteroatoms. The number of rotatable bonds is 2. The normalized spacial score (nSPS) is 29.9. The van der Waals surface area contributed by atoms with Crippen LogP contribution in [-0.2, 0) is 10.2 Å². The molecular weight excluding hydrogens is 260 g/mol.